The van der Waals surface area contributed by atoms with Gasteiger partial charge in [0.15, 0.2) is 0 Å². The van der Waals surface area contributed by atoms with Crippen molar-refractivity contribution >= 4 is 0 Å². The minimum Gasteiger partial charge on any atom is -0.330 e. The molecule has 3 N–H and O–H groups in total. The predicted octanol–water partition coefficient (Wildman–Crippen LogP) is 1.35. The fourth-order valence-corrected chi connectivity index (χ4v) is 2.28. The summed E-state index contributed by atoms with van der Waals surface area (Å²) in [4.78, 5) is 0. The molecule has 3 nitrogen and oxygen atoms in total. The first-order valence-electron chi connectivity index (χ1n) is 5.12. The Balaban J connectivity index is 2.39. The van der Waals surface area contributed by atoms with Gasteiger partial charge in [-0.1, -0.05) is 6.92 Å². The number of hydrogen-bond donors (Lipinski definition) is 2. The summed E-state index contributed by atoms with van der Waals surface area (Å²) >= 11 is 0. The molecule has 0 saturated carbocycles. The highest BCUT2D eigenvalue weighted by Crippen LogP contribution is 2.31. The molecule has 1 unspecified atom stereocenters. The summed E-state index contributed by atoms with van der Waals surface area (Å²) in [5.41, 5.74) is 9.75. The molecule has 0 saturated heterocycles. The molecule has 1 aliphatic carbocycles. The van der Waals surface area contributed by atoms with Gasteiger partial charge in [-0.15, -0.1) is 0 Å². The summed E-state index contributed by atoms with van der Waals surface area (Å²) in [7, 11) is 0. The van der Waals surface area contributed by atoms with Crippen molar-refractivity contribution in [3.8, 4) is 0 Å². The number of fused-ring (bicyclic) bond motifs is 1. The van der Waals surface area contributed by atoms with Gasteiger partial charge >= 0.3 is 0 Å². The summed E-state index contributed by atoms with van der Waals surface area (Å²) in [6.07, 6.45) is 4.65. The van der Waals surface area contributed by atoms with E-state index in [0.717, 1.165) is 19.4 Å². The zero-order chi connectivity index (χ0) is 9.26. The third-order valence-electron chi connectivity index (χ3n) is 2.97. The van der Waals surface area contributed by atoms with Crippen LogP contribution in [0.25, 0.3) is 0 Å². The van der Waals surface area contributed by atoms with E-state index < -0.39 is 0 Å². The highest BCUT2D eigenvalue weighted by Gasteiger charge is 2.23. The van der Waals surface area contributed by atoms with Crippen molar-refractivity contribution in [2.45, 2.75) is 38.5 Å². The minimum absolute atomic E-state index is 0.553. The molecule has 0 spiro atoms. The Bertz CT molecular complexity index is 277. The van der Waals surface area contributed by atoms with E-state index >= 15 is 0 Å². The third kappa shape index (κ3) is 1.37. The minimum atomic E-state index is 0.553. The standard InChI is InChI=1S/C10H17N3/c1-2-8-10-7(6-11)4-3-5-9(10)13-12-8/h7H,2-6,11H2,1H3,(H,12,13). The van der Waals surface area contributed by atoms with E-state index in [4.69, 9.17) is 5.73 Å². The van der Waals surface area contributed by atoms with E-state index in [1.54, 1.807) is 0 Å². The van der Waals surface area contributed by atoms with Gasteiger partial charge in [0.25, 0.3) is 0 Å². The zero-order valence-corrected chi connectivity index (χ0v) is 8.14. The van der Waals surface area contributed by atoms with Crippen LogP contribution in [0.5, 0.6) is 0 Å². The van der Waals surface area contributed by atoms with Gasteiger partial charge in [-0.25, -0.2) is 0 Å². The third-order valence-corrected chi connectivity index (χ3v) is 2.97. The lowest BCUT2D eigenvalue weighted by Gasteiger charge is -2.21. The maximum absolute atomic E-state index is 5.76. The van der Waals surface area contributed by atoms with Crippen molar-refractivity contribution in [2.75, 3.05) is 6.54 Å². The monoisotopic (exact) mass is 179 g/mol. The van der Waals surface area contributed by atoms with Crippen molar-refractivity contribution in [3.05, 3.63) is 17.0 Å². The van der Waals surface area contributed by atoms with Crippen molar-refractivity contribution in [3.63, 3.8) is 0 Å². The van der Waals surface area contributed by atoms with Crippen LogP contribution in [0.1, 0.15) is 42.6 Å². The molecule has 0 bridgehead atoms. The lowest BCUT2D eigenvalue weighted by atomic mass is 9.85. The van der Waals surface area contributed by atoms with Crippen molar-refractivity contribution < 1.29 is 0 Å². The van der Waals surface area contributed by atoms with Crippen LogP contribution in [-0.2, 0) is 12.8 Å². The molecule has 72 valence electrons. The van der Waals surface area contributed by atoms with Gasteiger partial charge < -0.3 is 5.73 Å². The molecule has 3 heteroatoms. The fraction of sp³-hybridized carbons (Fsp3) is 0.700. The molecule has 1 atom stereocenters. The van der Waals surface area contributed by atoms with E-state index in [9.17, 15) is 0 Å². The van der Waals surface area contributed by atoms with Crippen LogP contribution in [0.15, 0.2) is 0 Å². The number of aromatic nitrogens is 2. The fourth-order valence-electron chi connectivity index (χ4n) is 2.28. The zero-order valence-electron chi connectivity index (χ0n) is 8.14. The first-order chi connectivity index (χ1) is 6.36. The van der Waals surface area contributed by atoms with E-state index in [0.29, 0.717) is 5.92 Å². The predicted molar refractivity (Wildman–Crippen MR) is 52.7 cm³/mol. The average Bonchev–Trinajstić information content (AvgIpc) is 2.60. The van der Waals surface area contributed by atoms with Crippen LogP contribution in [0.2, 0.25) is 0 Å². The molecule has 0 fully saturated rings. The molecule has 1 heterocycles. The smallest absolute Gasteiger partial charge is 0.0657 e. The number of nitrogens with two attached hydrogens (primary N) is 1. The Morgan fingerprint density at radius 1 is 1.62 bits per heavy atom. The average molecular weight is 179 g/mol. The van der Waals surface area contributed by atoms with E-state index in [1.807, 2.05) is 0 Å². The lowest BCUT2D eigenvalue weighted by Crippen LogP contribution is -2.18. The first kappa shape index (κ1) is 8.75. The summed E-state index contributed by atoms with van der Waals surface area (Å²) in [5.74, 6) is 0.553. The quantitative estimate of drug-likeness (QED) is 0.720. The molecule has 0 radical (unpaired) electrons. The van der Waals surface area contributed by atoms with Crippen LogP contribution >= 0.6 is 0 Å². The highest BCUT2D eigenvalue weighted by atomic mass is 15.1. The number of nitrogens with zero attached hydrogens (tertiary/aromatic N) is 1. The van der Waals surface area contributed by atoms with E-state index in [2.05, 4.69) is 17.1 Å². The second kappa shape index (κ2) is 3.50. The van der Waals surface area contributed by atoms with Crippen LogP contribution < -0.4 is 5.73 Å². The Morgan fingerprint density at radius 3 is 3.15 bits per heavy atom. The van der Waals surface area contributed by atoms with Crippen LogP contribution in [0, 0.1) is 0 Å². The Morgan fingerprint density at radius 2 is 2.46 bits per heavy atom. The lowest BCUT2D eigenvalue weighted by molar-refractivity contribution is 0.554. The van der Waals surface area contributed by atoms with Crippen molar-refractivity contribution in [1.82, 2.24) is 10.2 Å². The molecule has 2 rings (SSSR count). The number of nitrogens with one attached hydrogen (secondary N) is 1. The normalized spacial score (nSPS) is 21.5. The SMILES string of the molecule is CCc1n[nH]c2c1C(CN)CCC2. The molecular weight excluding hydrogens is 162 g/mol. The van der Waals surface area contributed by atoms with Gasteiger partial charge in [-0.3, -0.25) is 5.10 Å². The van der Waals surface area contributed by atoms with Gasteiger partial charge in [0.2, 0.25) is 0 Å². The number of aromatic amines is 1. The second-order valence-electron chi connectivity index (χ2n) is 3.74. The van der Waals surface area contributed by atoms with Crippen LogP contribution in [-0.4, -0.2) is 16.7 Å². The molecule has 0 aromatic carbocycles. The summed E-state index contributed by atoms with van der Waals surface area (Å²) in [6.45, 7) is 2.91. The van der Waals surface area contributed by atoms with Gasteiger partial charge in [-0.2, -0.15) is 5.10 Å². The first-order valence-corrected chi connectivity index (χ1v) is 5.12. The highest BCUT2D eigenvalue weighted by molar-refractivity contribution is 5.32. The van der Waals surface area contributed by atoms with E-state index in [-0.39, 0.29) is 0 Å². The van der Waals surface area contributed by atoms with Crippen LogP contribution in [0.4, 0.5) is 0 Å². The molecule has 1 aliphatic rings. The Labute approximate surface area is 78.7 Å². The number of rotatable bonds is 2. The number of aryl methyl sites for hydroxylation is 2. The van der Waals surface area contributed by atoms with Crippen molar-refractivity contribution in [2.24, 2.45) is 5.73 Å². The second-order valence-corrected chi connectivity index (χ2v) is 3.74. The van der Waals surface area contributed by atoms with E-state index in [1.165, 1.54) is 29.8 Å². The number of hydrogen-bond acceptors (Lipinski definition) is 2. The largest absolute Gasteiger partial charge is 0.330 e. The molecule has 13 heavy (non-hydrogen) atoms. The van der Waals surface area contributed by atoms with Gasteiger partial charge in [0, 0.05) is 11.3 Å². The maximum atomic E-state index is 5.76. The van der Waals surface area contributed by atoms with Crippen LogP contribution in [0.3, 0.4) is 0 Å². The topological polar surface area (TPSA) is 54.7 Å². The molecule has 0 amide bonds. The Kier molecular flexibility index (Phi) is 2.36. The maximum Gasteiger partial charge on any atom is 0.0657 e. The van der Waals surface area contributed by atoms with Gasteiger partial charge in [-0.05, 0) is 38.1 Å². The summed E-state index contributed by atoms with van der Waals surface area (Å²) in [6, 6.07) is 0. The summed E-state index contributed by atoms with van der Waals surface area (Å²) < 4.78 is 0. The van der Waals surface area contributed by atoms with Crippen molar-refractivity contribution in [1.29, 1.82) is 0 Å². The molecular formula is C10H17N3. The molecule has 1 aromatic heterocycles. The molecule has 1 aromatic rings. The van der Waals surface area contributed by atoms with Gasteiger partial charge in [0.1, 0.15) is 0 Å². The van der Waals surface area contributed by atoms with Gasteiger partial charge in [0.05, 0.1) is 5.69 Å². The Hall–Kier alpha value is -0.830. The summed E-state index contributed by atoms with van der Waals surface area (Å²) in [5, 5.41) is 7.47. The number of H-pyrrole nitrogens is 1. The molecule has 0 aliphatic heterocycles.